The Morgan fingerprint density at radius 1 is 1.02 bits per heavy atom. The van der Waals surface area contributed by atoms with Crippen molar-refractivity contribution in [3.8, 4) is 17.2 Å². The fourth-order valence-corrected chi connectivity index (χ4v) is 4.17. The molecule has 40 heavy (non-hydrogen) atoms. The molecule has 0 fully saturated rings. The molecular formula is C29H32N6O5. The number of amides is 3. The number of likely N-dealkylation sites (N-methyl/N-ethyl adjacent to an activating group) is 1. The first-order valence-electron chi connectivity index (χ1n) is 12.6. The molecule has 2 aromatic carbocycles. The fraction of sp³-hybridized carbons (Fsp3) is 0.241. The third kappa shape index (κ3) is 6.56. The van der Waals surface area contributed by atoms with Crippen molar-refractivity contribution < 1.29 is 19.4 Å². The number of nitrogens with one attached hydrogen (secondary N) is 2. The van der Waals surface area contributed by atoms with Crippen LogP contribution >= 0.6 is 0 Å². The molecule has 0 atom stereocenters. The summed E-state index contributed by atoms with van der Waals surface area (Å²) < 4.78 is 8.99. The molecule has 3 amide bonds. The number of pyridine rings is 1. The Hall–Kier alpha value is -4.90. The van der Waals surface area contributed by atoms with Crippen LogP contribution in [0.25, 0.3) is 5.69 Å². The van der Waals surface area contributed by atoms with Gasteiger partial charge in [-0.1, -0.05) is 18.2 Å². The number of hydrogen-bond acceptors (Lipinski definition) is 6. The number of hydrogen-bond donors (Lipinski definition) is 3. The van der Waals surface area contributed by atoms with Crippen LogP contribution in [-0.4, -0.2) is 55.5 Å². The number of aromatic nitrogens is 3. The third-order valence-electron chi connectivity index (χ3n) is 6.07. The van der Waals surface area contributed by atoms with Crippen LogP contribution in [0.2, 0.25) is 0 Å². The third-order valence-corrected chi connectivity index (χ3v) is 6.07. The summed E-state index contributed by atoms with van der Waals surface area (Å²) in [5, 5.41) is 15.4. The molecule has 11 heteroatoms. The summed E-state index contributed by atoms with van der Waals surface area (Å²) in [5.74, 6) is 0.704. The second-order valence-corrected chi connectivity index (χ2v) is 9.99. The van der Waals surface area contributed by atoms with E-state index >= 15 is 0 Å². The molecule has 0 aliphatic heterocycles. The van der Waals surface area contributed by atoms with Gasteiger partial charge in [-0.25, -0.2) is 14.5 Å². The van der Waals surface area contributed by atoms with E-state index in [1.54, 1.807) is 88.1 Å². The molecule has 11 nitrogen and oxygen atoms in total. The van der Waals surface area contributed by atoms with Gasteiger partial charge in [-0.05, 0) is 63.2 Å². The Balaban J connectivity index is 1.42. The fourth-order valence-electron chi connectivity index (χ4n) is 4.17. The smallest absolute Gasteiger partial charge is 0.322 e. The predicted molar refractivity (Wildman–Crippen MR) is 152 cm³/mol. The number of ether oxygens (including phenoxy) is 1. The lowest BCUT2D eigenvalue weighted by atomic mass is 10.1. The van der Waals surface area contributed by atoms with Crippen LogP contribution in [-0.2, 0) is 7.05 Å². The van der Waals surface area contributed by atoms with Crippen molar-refractivity contribution in [2.45, 2.75) is 26.4 Å². The minimum absolute atomic E-state index is 0.0613. The van der Waals surface area contributed by atoms with Crippen LogP contribution in [0.1, 0.15) is 29.9 Å². The highest BCUT2D eigenvalue weighted by Crippen LogP contribution is 2.25. The number of rotatable bonds is 8. The Morgan fingerprint density at radius 3 is 2.35 bits per heavy atom. The van der Waals surface area contributed by atoms with Crippen molar-refractivity contribution in [1.82, 2.24) is 19.2 Å². The molecule has 0 saturated heterocycles. The Morgan fingerprint density at radius 2 is 1.70 bits per heavy atom. The van der Waals surface area contributed by atoms with Crippen molar-refractivity contribution in [3.63, 3.8) is 0 Å². The van der Waals surface area contributed by atoms with E-state index in [9.17, 15) is 19.5 Å². The summed E-state index contributed by atoms with van der Waals surface area (Å²) in [4.78, 5) is 44.0. The van der Waals surface area contributed by atoms with Crippen LogP contribution in [0.3, 0.4) is 0 Å². The van der Waals surface area contributed by atoms with Crippen LogP contribution in [0, 0.1) is 6.92 Å². The maximum Gasteiger partial charge on any atom is 0.322 e. The van der Waals surface area contributed by atoms with Gasteiger partial charge in [0, 0.05) is 32.0 Å². The standard InChI is InChI=1S/C29H32N6O5/c1-19-25(27(37)35(34(19)5)21-9-7-6-8-10-21)26(36)31-20-11-13-22(14-12-20)40-23-15-16-30-24(17-23)32-28(38)33(4)18-29(2,3)39/h6-17,39H,18H2,1-5H3,(H,31,36)(H,30,32,38). The minimum atomic E-state index is -1.03. The molecule has 0 aliphatic rings. The molecular weight excluding hydrogens is 512 g/mol. The van der Waals surface area contributed by atoms with E-state index in [1.807, 2.05) is 18.2 Å². The lowest BCUT2D eigenvalue weighted by Gasteiger charge is -2.25. The largest absolute Gasteiger partial charge is 0.457 e. The quantitative estimate of drug-likeness (QED) is 0.305. The maximum absolute atomic E-state index is 13.1. The summed E-state index contributed by atoms with van der Waals surface area (Å²) in [6.45, 7) is 5.10. The van der Waals surface area contributed by atoms with Crippen molar-refractivity contribution in [1.29, 1.82) is 0 Å². The molecule has 3 N–H and O–H groups in total. The van der Waals surface area contributed by atoms with Gasteiger partial charge in [0.15, 0.2) is 0 Å². The molecule has 4 rings (SSSR count). The van der Waals surface area contributed by atoms with E-state index < -0.39 is 23.1 Å². The molecule has 2 aromatic heterocycles. The zero-order valence-corrected chi connectivity index (χ0v) is 23.0. The van der Waals surface area contributed by atoms with Gasteiger partial charge >= 0.3 is 6.03 Å². The lowest BCUT2D eigenvalue weighted by Crippen LogP contribution is -2.41. The minimum Gasteiger partial charge on any atom is -0.457 e. The zero-order chi connectivity index (χ0) is 29.0. The number of urea groups is 1. The maximum atomic E-state index is 13.1. The van der Waals surface area contributed by atoms with Gasteiger partial charge in [0.25, 0.3) is 11.5 Å². The molecule has 0 bridgehead atoms. The van der Waals surface area contributed by atoms with E-state index in [1.165, 1.54) is 15.8 Å². The second kappa shape index (κ2) is 11.5. The average Bonchev–Trinajstić information content (AvgIpc) is 3.12. The molecule has 0 radical (unpaired) electrons. The van der Waals surface area contributed by atoms with Crippen molar-refractivity contribution in [3.05, 3.63) is 94.5 Å². The Labute approximate surface area is 231 Å². The monoisotopic (exact) mass is 544 g/mol. The summed E-state index contributed by atoms with van der Waals surface area (Å²) in [6, 6.07) is 18.6. The van der Waals surface area contributed by atoms with E-state index in [0.29, 0.717) is 28.6 Å². The first-order valence-corrected chi connectivity index (χ1v) is 12.6. The number of carbonyl (C=O) groups excluding carboxylic acids is 2. The molecule has 0 saturated carbocycles. The first kappa shape index (κ1) is 28.1. The van der Waals surface area contributed by atoms with Crippen LogP contribution < -0.4 is 20.9 Å². The van der Waals surface area contributed by atoms with Crippen molar-refractivity contribution in [2.75, 3.05) is 24.2 Å². The van der Waals surface area contributed by atoms with E-state index in [4.69, 9.17) is 4.74 Å². The summed E-state index contributed by atoms with van der Waals surface area (Å²) in [6.07, 6.45) is 1.50. The van der Waals surface area contributed by atoms with Crippen molar-refractivity contribution in [2.24, 2.45) is 7.05 Å². The number of aliphatic hydroxyl groups is 1. The Kier molecular flexibility index (Phi) is 8.05. The van der Waals surface area contributed by atoms with Gasteiger partial charge in [0.2, 0.25) is 0 Å². The highest BCUT2D eigenvalue weighted by molar-refractivity contribution is 6.05. The molecule has 0 spiro atoms. The number of carbonyl (C=O) groups is 2. The number of para-hydroxylation sites is 1. The van der Waals surface area contributed by atoms with Gasteiger partial charge < -0.3 is 20.1 Å². The zero-order valence-electron chi connectivity index (χ0n) is 23.0. The van der Waals surface area contributed by atoms with E-state index in [0.717, 1.165) is 0 Å². The molecule has 0 unspecified atom stereocenters. The van der Waals surface area contributed by atoms with E-state index in [-0.39, 0.29) is 17.9 Å². The molecule has 208 valence electrons. The normalized spacial score (nSPS) is 11.2. The molecule has 0 aliphatic carbocycles. The molecule has 4 aromatic rings. The average molecular weight is 545 g/mol. The van der Waals surface area contributed by atoms with Gasteiger partial charge in [-0.2, -0.15) is 0 Å². The lowest BCUT2D eigenvalue weighted by molar-refractivity contribution is 0.0550. The highest BCUT2D eigenvalue weighted by atomic mass is 16.5. The molecule has 2 heterocycles. The van der Waals surface area contributed by atoms with Gasteiger partial charge in [-0.3, -0.25) is 19.6 Å². The number of benzene rings is 2. The Bertz CT molecular complexity index is 1570. The summed E-state index contributed by atoms with van der Waals surface area (Å²) in [5.41, 5.74) is 0.319. The number of anilines is 2. The van der Waals surface area contributed by atoms with Gasteiger partial charge in [0.05, 0.1) is 23.5 Å². The second-order valence-electron chi connectivity index (χ2n) is 9.99. The predicted octanol–water partition coefficient (Wildman–Crippen LogP) is 4.16. The van der Waals surface area contributed by atoms with Crippen LogP contribution in [0.5, 0.6) is 11.5 Å². The summed E-state index contributed by atoms with van der Waals surface area (Å²) in [7, 11) is 3.31. The summed E-state index contributed by atoms with van der Waals surface area (Å²) >= 11 is 0. The number of nitrogens with zero attached hydrogens (tertiary/aromatic N) is 4. The highest BCUT2D eigenvalue weighted by Gasteiger charge is 2.22. The van der Waals surface area contributed by atoms with Crippen LogP contribution in [0.15, 0.2) is 77.7 Å². The van der Waals surface area contributed by atoms with Crippen LogP contribution in [0.4, 0.5) is 16.3 Å². The van der Waals surface area contributed by atoms with E-state index in [2.05, 4.69) is 15.6 Å². The SMILES string of the molecule is Cc1c(C(=O)Nc2ccc(Oc3ccnc(NC(=O)N(C)CC(C)(C)O)c3)cc2)c(=O)n(-c2ccccc2)n1C. The van der Waals surface area contributed by atoms with Crippen molar-refractivity contribution >= 4 is 23.4 Å². The van der Waals surface area contributed by atoms with Gasteiger partial charge in [0.1, 0.15) is 22.9 Å². The topological polar surface area (TPSA) is 131 Å². The van der Waals surface area contributed by atoms with Gasteiger partial charge in [-0.15, -0.1) is 0 Å². The first-order chi connectivity index (χ1) is 18.9.